The van der Waals surface area contributed by atoms with Gasteiger partial charge in [-0.2, -0.15) is 4.31 Å². The minimum Gasteiger partial charge on any atom is -0.290 e. The maximum atomic E-state index is 12.4. The molecule has 0 bridgehead atoms. The van der Waals surface area contributed by atoms with Crippen LogP contribution in [0.25, 0.3) is 0 Å². The lowest BCUT2D eigenvalue weighted by molar-refractivity contribution is 0.207. The van der Waals surface area contributed by atoms with Crippen LogP contribution in [0.2, 0.25) is 0 Å². The molecule has 98 valence electrons. The van der Waals surface area contributed by atoms with E-state index in [1.165, 1.54) is 15.6 Å². The van der Waals surface area contributed by atoms with Gasteiger partial charge >= 0.3 is 0 Å². The van der Waals surface area contributed by atoms with Gasteiger partial charge in [0, 0.05) is 30.7 Å². The van der Waals surface area contributed by atoms with Gasteiger partial charge in [-0.15, -0.1) is 17.8 Å². The smallest absolute Gasteiger partial charge is 0.253 e. The van der Waals surface area contributed by atoms with Crippen molar-refractivity contribution in [2.24, 2.45) is 0 Å². The maximum Gasteiger partial charge on any atom is 0.253 e. The number of terminal acetylenes is 1. The first kappa shape index (κ1) is 14.0. The van der Waals surface area contributed by atoms with Gasteiger partial charge in [0.05, 0.1) is 6.54 Å². The zero-order chi connectivity index (χ0) is 13.2. The van der Waals surface area contributed by atoms with E-state index >= 15 is 0 Å². The zero-order valence-electron chi connectivity index (χ0n) is 9.67. The van der Waals surface area contributed by atoms with Gasteiger partial charge in [-0.3, -0.25) is 4.90 Å². The fraction of sp³-hybridized carbons (Fsp3) is 0.455. The van der Waals surface area contributed by atoms with E-state index in [-0.39, 0.29) is 0 Å². The highest BCUT2D eigenvalue weighted by Crippen LogP contribution is 2.30. The number of piperazine rings is 1. The Morgan fingerprint density at radius 3 is 2.56 bits per heavy atom. The first-order chi connectivity index (χ1) is 8.55. The number of rotatable bonds is 3. The van der Waals surface area contributed by atoms with Gasteiger partial charge in [0.2, 0.25) is 0 Å². The normalized spacial score (nSPS) is 18.7. The third-order valence-electron chi connectivity index (χ3n) is 2.80. The highest BCUT2D eigenvalue weighted by Gasteiger charge is 2.30. The van der Waals surface area contributed by atoms with Crippen molar-refractivity contribution in [2.45, 2.75) is 4.21 Å². The molecule has 0 saturated carbocycles. The Morgan fingerprint density at radius 1 is 1.39 bits per heavy atom. The minimum absolute atomic E-state index is 0.382. The van der Waals surface area contributed by atoms with Gasteiger partial charge in [-0.05, 0) is 27.4 Å². The molecular formula is C11H13BrN2O2S2. The fourth-order valence-electron chi connectivity index (χ4n) is 1.84. The van der Waals surface area contributed by atoms with E-state index in [4.69, 9.17) is 6.42 Å². The van der Waals surface area contributed by atoms with E-state index < -0.39 is 10.0 Å². The van der Waals surface area contributed by atoms with Crippen LogP contribution in [0.3, 0.4) is 0 Å². The van der Waals surface area contributed by atoms with Crippen molar-refractivity contribution in [1.29, 1.82) is 0 Å². The Hall–Kier alpha value is -0.390. The van der Waals surface area contributed by atoms with Crippen LogP contribution in [-0.2, 0) is 10.0 Å². The predicted octanol–water partition coefficient (Wildman–Crippen LogP) is 1.45. The lowest BCUT2D eigenvalue weighted by Gasteiger charge is -2.32. The maximum absolute atomic E-state index is 12.4. The molecule has 0 N–H and O–H groups in total. The highest BCUT2D eigenvalue weighted by molar-refractivity contribution is 9.10. The summed E-state index contributed by atoms with van der Waals surface area (Å²) in [6.45, 7) is 2.94. The second-order valence-electron chi connectivity index (χ2n) is 3.94. The molecule has 0 atom stereocenters. The molecule has 4 nitrogen and oxygen atoms in total. The van der Waals surface area contributed by atoms with Crippen molar-refractivity contribution in [1.82, 2.24) is 9.21 Å². The van der Waals surface area contributed by atoms with Crippen LogP contribution in [0.15, 0.2) is 20.1 Å². The Bertz CT molecular complexity index is 554. The summed E-state index contributed by atoms with van der Waals surface area (Å²) >= 11 is 4.51. The van der Waals surface area contributed by atoms with E-state index in [1.807, 2.05) is 0 Å². The van der Waals surface area contributed by atoms with Crippen molar-refractivity contribution in [3.05, 3.63) is 15.9 Å². The van der Waals surface area contributed by atoms with E-state index in [2.05, 4.69) is 26.8 Å². The average molecular weight is 349 g/mol. The second kappa shape index (κ2) is 5.72. The fourth-order valence-corrected chi connectivity index (χ4v) is 5.71. The van der Waals surface area contributed by atoms with E-state index in [0.29, 0.717) is 41.4 Å². The standard InChI is InChI=1S/C11H13BrN2O2S2/c1-2-4-13-5-7-14(8-6-13)18(15,16)11-10(12)3-9-17-11/h1,3,9H,4-8H2. The molecule has 1 aromatic heterocycles. The van der Waals surface area contributed by atoms with Crippen LogP contribution < -0.4 is 0 Å². The van der Waals surface area contributed by atoms with Crippen LogP contribution in [-0.4, -0.2) is 50.3 Å². The molecule has 7 heteroatoms. The molecule has 0 unspecified atom stereocenters. The zero-order valence-corrected chi connectivity index (χ0v) is 12.9. The molecule has 1 saturated heterocycles. The van der Waals surface area contributed by atoms with E-state index in [1.54, 1.807) is 11.4 Å². The van der Waals surface area contributed by atoms with E-state index in [0.717, 1.165) is 0 Å². The van der Waals surface area contributed by atoms with Crippen LogP contribution in [0.5, 0.6) is 0 Å². The topological polar surface area (TPSA) is 40.6 Å². The van der Waals surface area contributed by atoms with E-state index in [9.17, 15) is 8.42 Å². The van der Waals surface area contributed by atoms with Gasteiger partial charge in [0.25, 0.3) is 10.0 Å². The SMILES string of the molecule is C#CCN1CCN(S(=O)(=O)c2sccc2Br)CC1. The minimum atomic E-state index is -3.36. The number of hydrogen-bond donors (Lipinski definition) is 0. The van der Waals surface area contributed by atoms with Gasteiger partial charge in [0.15, 0.2) is 0 Å². The Morgan fingerprint density at radius 2 is 2.06 bits per heavy atom. The molecule has 18 heavy (non-hydrogen) atoms. The van der Waals surface area contributed by atoms with Gasteiger partial charge in [0.1, 0.15) is 4.21 Å². The first-order valence-electron chi connectivity index (χ1n) is 5.44. The largest absolute Gasteiger partial charge is 0.290 e. The number of thiophene rings is 1. The van der Waals surface area contributed by atoms with Crippen LogP contribution in [0.1, 0.15) is 0 Å². The second-order valence-corrected chi connectivity index (χ2v) is 7.84. The molecule has 0 radical (unpaired) electrons. The Balaban J connectivity index is 2.10. The highest BCUT2D eigenvalue weighted by atomic mass is 79.9. The first-order valence-corrected chi connectivity index (χ1v) is 8.56. The summed E-state index contributed by atoms with van der Waals surface area (Å²) < 4.78 is 27.3. The van der Waals surface area contributed by atoms with Crippen molar-refractivity contribution in [3.63, 3.8) is 0 Å². The number of sulfonamides is 1. The van der Waals surface area contributed by atoms with Crippen LogP contribution in [0.4, 0.5) is 0 Å². The summed E-state index contributed by atoms with van der Waals surface area (Å²) in [5, 5.41) is 1.77. The van der Waals surface area contributed by atoms with Crippen molar-refractivity contribution in [3.8, 4) is 12.3 Å². The summed E-state index contributed by atoms with van der Waals surface area (Å²) in [5.74, 6) is 2.58. The van der Waals surface area contributed by atoms with Crippen molar-refractivity contribution >= 4 is 37.3 Å². The number of halogens is 1. The molecule has 0 amide bonds. The molecule has 1 fully saturated rings. The summed E-state index contributed by atoms with van der Waals surface area (Å²) in [7, 11) is -3.36. The Labute approximate surface area is 120 Å². The molecule has 2 heterocycles. The lowest BCUT2D eigenvalue weighted by atomic mass is 10.4. The number of hydrogen-bond acceptors (Lipinski definition) is 4. The van der Waals surface area contributed by atoms with Gasteiger partial charge in [-0.1, -0.05) is 5.92 Å². The summed E-state index contributed by atoms with van der Waals surface area (Å²) in [5.41, 5.74) is 0. The van der Waals surface area contributed by atoms with Gasteiger partial charge < -0.3 is 0 Å². The average Bonchev–Trinajstić information content (AvgIpc) is 2.77. The lowest BCUT2D eigenvalue weighted by Crippen LogP contribution is -2.48. The molecule has 1 aromatic rings. The summed E-state index contributed by atoms with van der Waals surface area (Å²) in [6.07, 6.45) is 5.25. The van der Waals surface area contributed by atoms with Gasteiger partial charge in [-0.25, -0.2) is 8.42 Å². The predicted molar refractivity (Wildman–Crippen MR) is 76.1 cm³/mol. The van der Waals surface area contributed by atoms with Crippen LogP contribution >= 0.6 is 27.3 Å². The molecule has 2 rings (SSSR count). The molecule has 1 aliphatic rings. The summed E-state index contributed by atoms with van der Waals surface area (Å²) in [6, 6.07) is 1.76. The number of nitrogens with zero attached hydrogens (tertiary/aromatic N) is 2. The van der Waals surface area contributed by atoms with Crippen molar-refractivity contribution < 1.29 is 8.42 Å². The molecule has 0 spiro atoms. The summed E-state index contributed by atoms with van der Waals surface area (Å²) in [4.78, 5) is 2.08. The molecule has 0 aliphatic carbocycles. The van der Waals surface area contributed by atoms with Crippen molar-refractivity contribution in [2.75, 3.05) is 32.7 Å². The third kappa shape index (κ3) is 2.78. The Kier molecular flexibility index (Phi) is 4.45. The molecular weight excluding hydrogens is 336 g/mol. The quantitative estimate of drug-likeness (QED) is 0.776. The van der Waals surface area contributed by atoms with Crippen LogP contribution in [0, 0.1) is 12.3 Å². The molecule has 0 aromatic carbocycles. The molecule has 1 aliphatic heterocycles. The third-order valence-corrected chi connectivity index (χ3v) is 7.35. The monoisotopic (exact) mass is 348 g/mol.